The first-order valence-corrected chi connectivity index (χ1v) is 9.22. The smallest absolute Gasteiger partial charge is 0.241 e. The van der Waals surface area contributed by atoms with Crippen LogP contribution in [0.5, 0.6) is 17.2 Å². The van der Waals surface area contributed by atoms with Crippen LogP contribution >= 0.6 is 0 Å². The van der Waals surface area contributed by atoms with E-state index < -0.39 is 0 Å². The first kappa shape index (κ1) is 19.0. The van der Waals surface area contributed by atoms with Gasteiger partial charge in [-0.1, -0.05) is 18.2 Å². The highest BCUT2D eigenvalue weighted by Gasteiger charge is 2.19. The molecule has 0 saturated heterocycles. The molecule has 1 N–H and O–H groups in total. The van der Waals surface area contributed by atoms with Crippen LogP contribution in [-0.4, -0.2) is 50.3 Å². The summed E-state index contributed by atoms with van der Waals surface area (Å²) < 4.78 is 16.7. The summed E-state index contributed by atoms with van der Waals surface area (Å²) in [6, 6.07) is 14.9. The zero-order valence-electron chi connectivity index (χ0n) is 15.8. The summed E-state index contributed by atoms with van der Waals surface area (Å²) in [7, 11) is 1.94. The molecule has 0 aromatic heterocycles. The molecule has 2 aromatic rings. The standard InChI is InChI=1S/C21H26N2O4/c1-16(23(2)11-6-12-25-18-7-4-3-5-8-18)21(24)22-17-9-10-19-20(15-17)27-14-13-26-19/h3-5,7-10,15-16H,6,11-14H2,1-2H3,(H,22,24). The van der Waals surface area contributed by atoms with Crippen molar-refractivity contribution >= 4 is 11.6 Å². The Balaban J connectivity index is 1.43. The van der Waals surface area contributed by atoms with Crippen LogP contribution in [0.3, 0.4) is 0 Å². The number of nitrogens with one attached hydrogen (secondary N) is 1. The quantitative estimate of drug-likeness (QED) is 0.723. The number of anilines is 1. The van der Waals surface area contributed by atoms with E-state index in [2.05, 4.69) is 5.32 Å². The number of para-hydroxylation sites is 1. The van der Waals surface area contributed by atoms with Crippen molar-refractivity contribution in [3.63, 3.8) is 0 Å². The number of hydrogen-bond donors (Lipinski definition) is 1. The Morgan fingerprint density at radius 3 is 2.67 bits per heavy atom. The summed E-state index contributed by atoms with van der Waals surface area (Å²) in [6.45, 7) is 4.35. The van der Waals surface area contributed by atoms with Crippen LogP contribution < -0.4 is 19.5 Å². The fourth-order valence-corrected chi connectivity index (χ4v) is 2.78. The van der Waals surface area contributed by atoms with Gasteiger partial charge in [-0.15, -0.1) is 0 Å². The van der Waals surface area contributed by atoms with Crippen LogP contribution in [-0.2, 0) is 4.79 Å². The lowest BCUT2D eigenvalue weighted by molar-refractivity contribution is -0.120. The van der Waals surface area contributed by atoms with Crippen molar-refractivity contribution in [1.82, 2.24) is 4.90 Å². The number of carbonyl (C=O) groups excluding carboxylic acids is 1. The molecule has 144 valence electrons. The fraction of sp³-hybridized carbons (Fsp3) is 0.381. The summed E-state index contributed by atoms with van der Waals surface area (Å²) in [6.07, 6.45) is 0.840. The molecule has 1 atom stereocenters. The van der Waals surface area contributed by atoms with E-state index in [1.807, 2.05) is 61.3 Å². The van der Waals surface area contributed by atoms with Crippen LogP contribution in [0.1, 0.15) is 13.3 Å². The minimum atomic E-state index is -0.255. The van der Waals surface area contributed by atoms with Gasteiger partial charge in [0.05, 0.1) is 12.6 Å². The van der Waals surface area contributed by atoms with Gasteiger partial charge in [0.1, 0.15) is 19.0 Å². The molecule has 6 heteroatoms. The molecule has 2 aromatic carbocycles. The van der Waals surface area contributed by atoms with Gasteiger partial charge in [-0.2, -0.15) is 0 Å². The van der Waals surface area contributed by atoms with Crippen molar-refractivity contribution in [2.75, 3.05) is 38.7 Å². The maximum absolute atomic E-state index is 12.5. The highest BCUT2D eigenvalue weighted by molar-refractivity contribution is 5.94. The Hall–Kier alpha value is -2.73. The molecule has 0 bridgehead atoms. The Labute approximate surface area is 160 Å². The van der Waals surface area contributed by atoms with Gasteiger partial charge in [0.15, 0.2) is 11.5 Å². The molecule has 1 aliphatic rings. The van der Waals surface area contributed by atoms with Gasteiger partial charge in [-0.25, -0.2) is 0 Å². The number of nitrogens with zero attached hydrogens (tertiary/aromatic N) is 1. The number of benzene rings is 2. The third-order valence-electron chi connectivity index (χ3n) is 4.52. The van der Waals surface area contributed by atoms with Crippen LogP contribution in [0.15, 0.2) is 48.5 Å². The van der Waals surface area contributed by atoms with Crippen molar-refractivity contribution in [2.45, 2.75) is 19.4 Å². The first-order chi connectivity index (χ1) is 13.1. The molecule has 0 aliphatic carbocycles. The SMILES string of the molecule is CC(C(=O)Nc1ccc2c(c1)OCCO2)N(C)CCCOc1ccccc1. The molecule has 3 rings (SSSR count). The van der Waals surface area contributed by atoms with Crippen molar-refractivity contribution < 1.29 is 19.0 Å². The van der Waals surface area contributed by atoms with Crippen molar-refractivity contribution in [3.8, 4) is 17.2 Å². The number of amides is 1. The summed E-state index contributed by atoms with van der Waals surface area (Å²) in [5.74, 6) is 2.18. The van der Waals surface area contributed by atoms with Crippen LogP contribution in [0.2, 0.25) is 0 Å². The van der Waals surface area contributed by atoms with Gasteiger partial charge in [0.2, 0.25) is 5.91 Å². The van der Waals surface area contributed by atoms with Gasteiger partial charge < -0.3 is 19.5 Å². The lowest BCUT2D eigenvalue weighted by Gasteiger charge is -2.24. The van der Waals surface area contributed by atoms with Gasteiger partial charge in [-0.05, 0) is 44.7 Å². The van der Waals surface area contributed by atoms with E-state index in [1.165, 1.54) is 0 Å². The average molecular weight is 370 g/mol. The summed E-state index contributed by atoms with van der Waals surface area (Å²) in [4.78, 5) is 14.5. The van der Waals surface area contributed by atoms with E-state index in [9.17, 15) is 4.79 Å². The second-order valence-electron chi connectivity index (χ2n) is 6.52. The normalized spacial score (nSPS) is 13.9. The molecule has 0 saturated carbocycles. The largest absolute Gasteiger partial charge is 0.494 e. The first-order valence-electron chi connectivity index (χ1n) is 9.22. The predicted molar refractivity (Wildman–Crippen MR) is 105 cm³/mol. The molecule has 1 heterocycles. The maximum Gasteiger partial charge on any atom is 0.241 e. The molecule has 27 heavy (non-hydrogen) atoms. The summed E-state index contributed by atoms with van der Waals surface area (Å²) >= 11 is 0. The van der Waals surface area contributed by atoms with E-state index in [-0.39, 0.29) is 11.9 Å². The number of fused-ring (bicyclic) bond motifs is 1. The minimum absolute atomic E-state index is 0.0573. The minimum Gasteiger partial charge on any atom is -0.494 e. The van der Waals surface area contributed by atoms with Gasteiger partial charge in [0.25, 0.3) is 0 Å². The molecular formula is C21H26N2O4. The highest BCUT2D eigenvalue weighted by atomic mass is 16.6. The van der Waals surface area contributed by atoms with Crippen LogP contribution in [0, 0.1) is 0 Å². The molecule has 0 radical (unpaired) electrons. The van der Waals surface area contributed by atoms with Crippen LogP contribution in [0.25, 0.3) is 0 Å². The number of likely N-dealkylation sites (N-methyl/N-ethyl adjacent to an activating group) is 1. The van der Waals surface area contributed by atoms with E-state index >= 15 is 0 Å². The molecule has 0 fully saturated rings. The van der Waals surface area contributed by atoms with E-state index in [0.29, 0.717) is 37.0 Å². The average Bonchev–Trinajstić information content (AvgIpc) is 2.71. The zero-order chi connectivity index (χ0) is 19.1. The number of hydrogen-bond acceptors (Lipinski definition) is 5. The van der Waals surface area contributed by atoms with Gasteiger partial charge in [-0.3, -0.25) is 9.69 Å². The monoisotopic (exact) mass is 370 g/mol. The highest BCUT2D eigenvalue weighted by Crippen LogP contribution is 2.32. The fourth-order valence-electron chi connectivity index (χ4n) is 2.78. The van der Waals surface area contributed by atoms with Crippen LogP contribution in [0.4, 0.5) is 5.69 Å². The zero-order valence-corrected chi connectivity index (χ0v) is 15.8. The van der Waals surface area contributed by atoms with Gasteiger partial charge in [0, 0.05) is 18.3 Å². The molecule has 1 amide bonds. The number of rotatable bonds is 8. The summed E-state index contributed by atoms with van der Waals surface area (Å²) in [5.41, 5.74) is 0.705. The van der Waals surface area contributed by atoms with Crippen molar-refractivity contribution in [1.29, 1.82) is 0 Å². The maximum atomic E-state index is 12.5. The van der Waals surface area contributed by atoms with E-state index in [0.717, 1.165) is 18.7 Å². The Morgan fingerprint density at radius 1 is 1.15 bits per heavy atom. The lowest BCUT2D eigenvalue weighted by Crippen LogP contribution is -2.40. The second-order valence-corrected chi connectivity index (χ2v) is 6.52. The predicted octanol–water partition coefficient (Wildman–Crippen LogP) is 3.19. The molecular weight excluding hydrogens is 344 g/mol. The third-order valence-corrected chi connectivity index (χ3v) is 4.52. The number of carbonyl (C=O) groups is 1. The molecule has 1 aliphatic heterocycles. The van der Waals surface area contributed by atoms with Gasteiger partial charge >= 0.3 is 0 Å². The Kier molecular flexibility index (Phi) is 6.54. The topological polar surface area (TPSA) is 60.0 Å². The van der Waals surface area contributed by atoms with E-state index in [4.69, 9.17) is 14.2 Å². The third kappa shape index (κ3) is 5.37. The van der Waals surface area contributed by atoms with Crippen molar-refractivity contribution in [3.05, 3.63) is 48.5 Å². The molecule has 0 spiro atoms. The molecule has 1 unspecified atom stereocenters. The second kappa shape index (κ2) is 9.28. The molecule has 6 nitrogen and oxygen atoms in total. The summed E-state index contributed by atoms with van der Waals surface area (Å²) in [5, 5.41) is 2.94. The number of ether oxygens (including phenoxy) is 3. The van der Waals surface area contributed by atoms with Crippen molar-refractivity contribution in [2.24, 2.45) is 0 Å². The lowest BCUT2D eigenvalue weighted by atomic mass is 10.2. The van der Waals surface area contributed by atoms with E-state index in [1.54, 1.807) is 6.07 Å². The Morgan fingerprint density at radius 2 is 1.89 bits per heavy atom. The Bertz CT molecular complexity index is 751.